The lowest BCUT2D eigenvalue weighted by Crippen LogP contribution is -2.28. The molecule has 2 nitrogen and oxygen atoms in total. The summed E-state index contributed by atoms with van der Waals surface area (Å²) in [5.74, 6) is 0. The fourth-order valence-corrected chi connectivity index (χ4v) is 2.37. The van der Waals surface area contributed by atoms with E-state index in [0.717, 1.165) is 6.54 Å². The van der Waals surface area contributed by atoms with E-state index in [1.54, 1.807) is 0 Å². The molecule has 0 saturated carbocycles. The lowest BCUT2D eigenvalue weighted by atomic mass is 9.92. The van der Waals surface area contributed by atoms with E-state index in [0.29, 0.717) is 6.04 Å². The van der Waals surface area contributed by atoms with Crippen LogP contribution in [0.15, 0.2) is 12.1 Å². The van der Waals surface area contributed by atoms with Crippen molar-refractivity contribution in [3.63, 3.8) is 0 Å². The average Bonchev–Trinajstić information content (AvgIpc) is 2.23. The highest BCUT2D eigenvalue weighted by Crippen LogP contribution is 2.35. The van der Waals surface area contributed by atoms with Crippen molar-refractivity contribution in [2.75, 3.05) is 26.0 Å². The van der Waals surface area contributed by atoms with Crippen molar-refractivity contribution in [3.8, 4) is 0 Å². The molecular formula is C13H20N2. The Bertz CT molecular complexity index is 369. The third kappa shape index (κ3) is 1.74. The lowest BCUT2D eigenvalue weighted by Gasteiger charge is -2.33. The van der Waals surface area contributed by atoms with Gasteiger partial charge in [0.05, 0.1) is 0 Å². The molecule has 82 valence electrons. The molecule has 1 aliphatic heterocycles. The third-order valence-corrected chi connectivity index (χ3v) is 3.47. The summed E-state index contributed by atoms with van der Waals surface area (Å²) in [5, 5.41) is 3.53. The Morgan fingerprint density at radius 2 is 2.00 bits per heavy atom. The number of nitrogens with one attached hydrogen (secondary N) is 1. The molecule has 0 bridgehead atoms. The van der Waals surface area contributed by atoms with Gasteiger partial charge in [-0.25, -0.2) is 0 Å². The van der Waals surface area contributed by atoms with Gasteiger partial charge in [-0.1, -0.05) is 12.1 Å². The number of aryl methyl sites for hydroxylation is 1. The maximum Gasteiger partial charge on any atom is 0.0421 e. The van der Waals surface area contributed by atoms with Crippen LogP contribution in [-0.4, -0.2) is 25.5 Å². The summed E-state index contributed by atoms with van der Waals surface area (Å²) < 4.78 is 0. The van der Waals surface area contributed by atoms with E-state index in [9.17, 15) is 0 Å². The predicted molar refractivity (Wildman–Crippen MR) is 65.5 cm³/mol. The molecule has 0 aliphatic carbocycles. The van der Waals surface area contributed by atoms with Gasteiger partial charge in [0.1, 0.15) is 0 Å². The van der Waals surface area contributed by atoms with Crippen molar-refractivity contribution in [2.24, 2.45) is 0 Å². The van der Waals surface area contributed by atoms with Crippen LogP contribution in [0.25, 0.3) is 0 Å². The monoisotopic (exact) mass is 204 g/mol. The first-order valence-corrected chi connectivity index (χ1v) is 5.61. The molecule has 0 aromatic heterocycles. The highest BCUT2D eigenvalue weighted by molar-refractivity contribution is 5.62. The smallest absolute Gasteiger partial charge is 0.0421 e. The Morgan fingerprint density at radius 3 is 2.67 bits per heavy atom. The van der Waals surface area contributed by atoms with Crippen molar-refractivity contribution in [3.05, 3.63) is 28.8 Å². The van der Waals surface area contributed by atoms with Crippen LogP contribution in [-0.2, 0) is 0 Å². The third-order valence-electron chi connectivity index (χ3n) is 3.47. The van der Waals surface area contributed by atoms with Crippen molar-refractivity contribution in [2.45, 2.75) is 26.3 Å². The second kappa shape index (κ2) is 3.86. The molecule has 2 heteroatoms. The molecule has 0 fully saturated rings. The number of rotatable bonds is 1. The molecule has 1 unspecified atom stereocenters. The van der Waals surface area contributed by atoms with Gasteiger partial charge in [-0.15, -0.1) is 0 Å². The van der Waals surface area contributed by atoms with Crippen LogP contribution in [0.2, 0.25) is 0 Å². The van der Waals surface area contributed by atoms with Gasteiger partial charge in [0.15, 0.2) is 0 Å². The summed E-state index contributed by atoms with van der Waals surface area (Å²) in [5.41, 5.74) is 5.59. The van der Waals surface area contributed by atoms with Crippen LogP contribution < -0.4 is 5.32 Å². The molecule has 1 aromatic carbocycles. The SMILES string of the molecule is Cc1ccc2c(c1C)NCCC2N(C)C. The van der Waals surface area contributed by atoms with Crippen LogP contribution in [0.3, 0.4) is 0 Å². The molecule has 0 amide bonds. The number of hydrogen-bond donors (Lipinski definition) is 1. The van der Waals surface area contributed by atoms with Crippen molar-refractivity contribution in [1.82, 2.24) is 4.90 Å². The minimum Gasteiger partial charge on any atom is -0.384 e. The topological polar surface area (TPSA) is 15.3 Å². The summed E-state index contributed by atoms with van der Waals surface area (Å²) in [7, 11) is 4.32. The van der Waals surface area contributed by atoms with Crippen molar-refractivity contribution < 1.29 is 0 Å². The zero-order valence-electron chi connectivity index (χ0n) is 10.1. The number of hydrogen-bond acceptors (Lipinski definition) is 2. The number of anilines is 1. The maximum absolute atomic E-state index is 3.53. The van der Waals surface area contributed by atoms with Gasteiger partial charge in [0, 0.05) is 18.3 Å². The molecule has 1 aliphatic rings. The minimum atomic E-state index is 0.570. The van der Waals surface area contributed by atoms with Crippen molar-refractivity contribution >= 4 is 5.69 Å². The van der Waals surface area contributed by atoms with Gasteiger partial charge < -0.3 is 10.2 Å². The van der Waals surface area contributed by atoms with E-state index in [4.69, 9.17) is 0 Å². The van der Waals surface area contributed by atoms with Crippen LogP contribution in [0.4, 0.5) is 5.69 Å². The second-order valence-corrected chi connectivity index (χ2v) is 4.67. The first-order chi connectivity index (χ1) is 7.11. The van der Waals surface area contributed by atoms with E-state index >= 15 is 0 Å². The molecule has 1 heterocycles. The molecule has 0 radical (unpaired) electrons. The van der Waals surface area contributed by atoms with E-state index in [1.165, 1.54) is 28.8 Å². The molecule has 1 N–H and O–H groups in total. The van der Waals surface area contributed by atoms with Crippen LogP contribution in [0, 0.1) is 13.8 Å². The molecule has 15 heavy (non-hydrogen) atoms. The highest BCUT2D eigenvalue weighted by Gasteiger charge is 2.22. The van der Waals surface area contributed by atoms with Gasteiger partial charge in [-0.05, 0) is 51.1 Å². The molecule has 2 rings (SSSR count). The Morgan fingerprint density at radius 1 is 1.27 bits per heavy atom. The fraction of sp³-hybridized carbons (Fsp3) is 0.538. The van der Waals surface area contributed by atoms with Gasteiger partial charge in [0.2, 0.25) is 0 Å². The van der Waals surface area contributed by atoms with Crippen LogP contribution in [0.1, 0.15) is 29.2 Å². The number of nitrogens with zero attached hydrogens (tertiary/aromatic N) is 1. The molecule has 1 aromatic rings. The van der Waals surface area contributed by atoms with Gasteiger partial charge >= 0.3 is 0 Å². The number of fused-ring (bicyclic) bond motifs is 1. The quantitative estimate of drug-likeness (QED) is 0.756. The van der Waals surface area contributed by atoms with E-state index in [2.05, 4.69) is 50.3 Å². The average molecular weight is 204 g/mol. The van der Waals surface area contributed by atoms with Gasteiger partial charge in [-0.3, -0.25) is 0 Å². The van der Waals surface area contributed by atoms with Crippen LogP contribution >= 0.6 is 0 Å². The number of benzene rings is 1. The molecule has 0 saturated heterocycles. The van der Waals surface area contributed by atoms with E-state index < -0.39 is 0 Å². The molecule has 1 atom stereocenters. The van der Waals surface area contributed by atoms with Crippen LogP contribution in [0.5, 0.6) is 0 Å². The molecule has 0 spiro atoms. The summed E-state index contributed by atoms with van der Waals surface area (Å²) in [6.07, 6.45) is 1.20. The standard InChI is InChI=1S/C13H20N2/c1-9-5-6-11-12(15(3)4)7-8-14-13(11)10(9)2/h5-6,12,14H,7-8H2,1-4H3. The highest BCUT2D eigenvalue weighted by atomic mass is 15.1. The largest absolute Gasteiger partial charge is 0.384 e. The summed E-state index contributed by atoms with van der Waals surface area (Å²) in [4.78, 5) is 2.31. The van der Waals surface area contributed by atoms with E-state index in [-0.39, 0.29) is 0 Å². The zero-order valence-corrected chi connectivity index (χ0v) is 10.1. The summed E-state index contributed by atoms with van der Waals surface area (Å²) >= 11 is 0. The Balaban J connectivity index is 2.49. The van der Waals surface area contributed by atoms with Gasteiger partial charge in [-0.2, -0.15) is 0 Å². The maximum atomic E-state index is 3.53. The normalized spacial score (nSPS) is 19.9. The Kier molecular flexibility index (Phi) is 2.70. The predicted octanol–water partition coefficient (Wildman–Crippen LogP) is 2.72. The van der Waals surface area contributed by atoms with Crippen molar-refractivity contribution in [1.29, 1.82) is 0 Å². The minimum absolute atomic E-state index is 0.570. The summed E-state index contributed by atoms with van der Waals surface area (Å²) in [6.45, 7) is 5.47. The first kappa shape index (κ1) is 10.5. The molecular weight excluding hydrogens is 184 g/mol. The lowest BCUT2D eigenvalue weighted by molar-refractivity contribution is 0.284. The summed E-state index contributed by atoms with van der Waals surface area (Å²) in [6, 6.07) is 5.08. The second-order valence-electron chi connectivity index (χ2n) is 4.67. The van der Waals surface area contributed by atoms with E-state index in [1.807, 2.05) is 0 Å². The zero-order chi connectivity index (χ0) is 11.0. The van der Waals surface area contributed by atoms with Gasteiger partial charge in [0.25, 0.3) is 0 Å². The Labute approximate surface area is 92.3 Å². The first-order valence-electron chi connectivity index (χ1n) is 5.61. The fourth-order valence-electron chi connectivity index (χ4n) is 2.37. The Hall–Kier alpha value is -1.02.